The van der Waals surface area contributed by atoms with E-state index in [0.29, 0.717) is 10.6 Å². The Balaban J connectivity index is 1.33. The highest BCUT2D eigenvalue weighted by atomic mass is 32.1. The number of H-pyrrole nitrogens is 1. The van der Waals surface area contributed by atoms with Crippen LogP contribution in [0.4, 0.5) is 11.5 Å². The monoisotopic (exact) mass is 489 g/mol. The van der Waals surface area contributed by atoms with Crippen LogP contribution in [0.1, 0.15) is 11.4 Å². The van der Waals surface area contributed by atoms with Crippen molar-refractivity contribution in [1.29, 1.82) is 0 Å². The summed E-state index contributed by atoms with van der Waals surface area (Å²) in [5, 5.41) is 11.9. The van der Waals surface area contributed by atoms with Crippen LogP contribution in [0.25, 0.3) is 5.69 Å². The highest BCUT2D eigenvalue weighted by molar-refractivity contribution is 7.71. The molecule has 0 unspecified atom stereocenters. The number of methoxy groups -OCH3 is 1. The fourth-order valence-corrected chi connectivity index (χ4v) is 4.49. The number of anilines is 2. The van der Waals surface area contributed by atoms with E-state index in [-0.39, 0.29) is 12.1 Å². The third kappa shape index (κ3) is 4.83. The average molecular weight is 490 g/mol. The molecule has 180 valence electrons. The van der Waals surface area contributed by atoms with Crippen molar-refractivity contribution in [1.82, 2.24) is 24.5 Å². The van der Waals surface area contributed by atoms with Crippen molar-refractivity contribution in [3.05, 3.63) is 87.2 Å². The normalized spacial score (nSPS) is 13.8. The van der Waals surface area contributed by atoms with E-state index >= 15 is 0 Å². The lowest BCUT2D eigenvalue weighted by Crippen LogP contribution is -2.47. The standard InChI is InChI=1S/C25H27N7O2S/c1-18-3-5-20(6-4-18)32-23(26-27-25(32)35)17-31-24(33)12-11-22(28-31)30-15-13-29(14-16-30)19-7-9-21(34-2)10-8-19/h3-12H,13-17H2,1-2H3,(H,27,35). The van der Waals surface area contributed by atoms with E-state index in [9.17, 15) is 4.79 Å². The maximum absolute atomic E-state index is 12.6. The van der Waals surface area contributed by atoms with Crippen LogP contribution in [0.15, 0.2) is 65.5 Å². The second kappa shape index (κ2) is 9.75. The summed E-state index contributed by atoms with van der Waals surface area (Å²) < 4.78 is 9.01. The lowest BCUT2D eigenvalue weighted by atomic mass is 10.2. The van der Waals surface area contributed by atoms with Crippen molar-refractivity contribution < 1.29 is 4.74 Å². The van der Waals surface area contributed by atoms with Gasteiger partial charge < -0.3 is 14.5 Å². The zero-order chi connectivity index (χ0) is 24.4. The number of piperazine rings is 1. The molecule has 0 radical (unpaired) electrons. The predicted molar refractivity (Wildman–Crippen MR) is 139 cm³/mol. The van der Waals surface area contributed by atoms with Crippen LogP contribution < -0.4 is 20.1 Å². The zero-order valence-electron chi connectivity index (χ0n) is 19.7. The van der Waals surface area contributed by atoms with Crippen LogP contribution in [0, 0.1) is 11.7 Å². The number of aryl methyl sites for hydroxylation is 1. The van der Waals surface area contributed by atoms with Crippen LogP contribution in [0.3, 0.4) is 0 Å². The van der Waals surface area contributed by atoms with E-state index in [1.54, 1.807) is 19.2 Å². The van der Waals surface area contributed by atoms with Crippen molar-refractivity contribution in [2.24, 2.45) is 0 Å². The van der Waals surface area contributed by atoms with Gasteiger partial charge in [-0.2, -0.15) is 10.2 Å². The van der Waals surface area contributed by atoms with Crippen molar-refractivity contribution >= 4 is 23.7 Å². The highest BCUT2D eigenvalue weighted by Crippen LogP contribution is 2.22. The lowest BCUT2D eigenvalue weighted by molar-refractivity contribution is 0.415. The molecule has 10 heteroatoms. The molecule has 0 atom stereocenters. The molecule has 2 aromatic heterocycles. The summed E-state index contributed by atoms with van der Waals surface area (Å²) in [6.45, 7) is 5.57. The Morgan fingerprint density at radius 1 is 0.914 bits per heavy atom. The number of aromatic amines is 1. The summed E-state index contributed by atoms with van der Waals surface area (Å²) in [5.74, 6) is 2.24. The molecular formula is C25H27N7O2S. The summed E-state index contributed by atoms with van der Waals surface area (Å²) >= 11 is 5.45. The lowest BCUT2D eigenvalue weighted by Gasteiger charge is -2.36. The fourth-order valence-electron chi connectivity index (χ4n) is 4.24. The van der Waals surface area contributed by atoms with Crippen LogP contribution in [-0.4, -0.2) is 57.8 Å². The van der Waals surface area contributed by atoms with Gasteiger partial charge in [-0.3, -0.25) is 14.5 Å². The first-order valence-corrected chi connectivity index (χ1v) is 11.9. The first-order valence-electron chi connectivity index (χ1n) is 11.5. The number of hydrogen-bond acceptors (Lipinski definition) is 7. The molecule has 1 aliphatic rings. The summed E-state index contributed by atoms with van der Waals surface area (Å²) in [7, 11) is 1.67. The van der Waals surface area contributed by atoms with Gasteiger partial charge >= 0.3 is 0 Å². The van der Waals surface area contributed by atoms with E-state index in [2.05, 4.69) is 37.2 Å². The highest BCUT2D eigenvalue weighted by Gasteiger charge is 2.20. The first kappa shape index (κ1) is 22.9. The minimum absolute atomic E-state index is 0.185. The van der Waals surface area contributed by atoms with Gasteiger partial charge in [-0.15, -0.1) is 0 Å². The topological polar surface area (TPSA) is 84.2 Å². The van der Waals surface area contributed by atoms with Crippen molar-refractivity contribution in [2.45, 2.75) is 13.5 Å². The smallest absolute Gasteiger partial charge is 0.267 e. The number of ether oxygens (including phenoxy) is 1. The Hall–Kier alpha value is -3.92. The summed E-state index contributed by atoms with van der Waals surface area (Å²) in [6.07, 6.45) is 0. The number of aromatic nitrogens is 5. The molecule has 2 aromatic carbocycles. The third-order valence-electron chi connectivity index (χ3n) is 6.22. The fraction of sp³-hybridized carbons (Fsp3) is 0.280. The molecule has 0 bridgehead atoms. The van der Waals surface area contributed by atoms with Gasteiger partial charge in [-0.25, -0.2) is 4.68 Å². The summed E-state index contributed by atoms with van der Waals surface area (Å²) in [6, 6.07) is 19.5. The van der Waals surface area contributed by atoms with Crippen LogP contribution in [-0.2, 0) is 6.54 Å². The Labute approximate surface area is 208 Å². The van der Waals surface area contributed by atoms with Gasteiger partial charge in [0.05, 0.1) is 7.11 Å². The van der Waals surface area contributed by atoms with Gasteiger partial charge in [0, 0.05) is 43.6 Å². The molecule has 1 fully saturated rings. The number of benzene rings is 2. The molecule has 35 heavy (non-hydrogen) atoms. The molecule has 4 aromatic rings. The Kier molecular flexibility index (Phi) is 6.37. The van der Waals surface area contributed by atoms with Crippen LogP contribution in [0.2, 0.25) is 0 Å². The Morgan fingerprint density at radius 3 is 2.26 bits per heavy atom. The SMILES string of the molecule is COc1ccc(N2CCN(c3ccc(=O)n(Cc4n[nH]c(=S)n4-c4ccc(C)cc4)n3)CC2)cc1. The molecule has 0 amide bonds. The largest absolute Gasteiger partial charge is 0.497 e. The van der Waals surface area contributed by atoms with E-state index in [0.717, 1.165) is 49.0 Å². The van der Waals surface area contributed by atoms with Gasteiger partial charge in [0.2, 0.25) is 0 Å². The number of rotatable bonds is 6. The van der Waals surface area contributed by atoms with Gasteiger partial charge in [-0.1, -0.05) is 17.7 Å². The molecule has 0 saturated carbocycles. The maximum Gasteiger partial charge on any atom is 0.267 e. The van der Waals surface area contributed by atoms with Crippen LogP contribution >= 0.6 is 12.2 Å². The van der Waals surface area contributed by atoms with E-state index in [1.165, 1.54) is 10.4 Å². The molecule has 0 spiro atoms. The molecule has 1 N–H and O–H groups in total. The minimum atomic E-state index is -0.185. The maximum atomic E-state index is 12.6. The molecule has 0 aliphatic carbocycles. The van der Waals surface area contributed by atoms with Crippen molar-refractivity contribution in [2.75, 3.05) is 43.1 Å². The predicted octanol–water partition coefficient (Wildman–Crippen LogP) is 3.18. The van der Waals surface area contributed by atoms with Gasteiger partial charge in [0.25, 0.3) is 5.56 Å². The van der Waals surface area contributed by atoms with Crippen molar-refractivity contribution in [3.63, 3.8) is 0 Å². The molecule has 1 saturated heterocycles. The first-order chi connectivity index (χ1) is 17.0. The quantitative estimate of drug-likeness (QED) is 0.417. The number of nitrogens with one attached hydrogen (secondary N) is 1. The second-order valence-electron chi connectivity index (χ2n) is 8.48. The molecule has 3 heterocycles. The van der Waals surface area contributed by atoms with Crippen molar-refractivity contribution in [3.8, 4) is 11.4 Å². The Bertz CT molecular complexity index is 1420. The average Bonchev–Trinajstić information content (AvgIpc) is 3.25. The molecular weight excluding hydrogens is 462 g/mol. The molecule has 5 rings (SSSR count). The number of hydrogen-bond donors (Lipinski definition) is 1. The summed E-state index contributed by atoms with van der Waals surface area (Å²) in [5.41, 5.74) is 3.03. The third-order valence-corrected chi connectivity index (χ3v) is 6.49. The zero-order valence-corrected chi connectivity index (χ0v) is 20.5. The van der Waals surface area contributed by atoms with E-state index < -0.39 is 0 Å². The van der Waals surface area contributed by atoms with E-state index in [1.807, 2.05) is 47.9 Å². The van der Waals surface area contributed by atoms with Gasteiger partial charge in [0.15, 0.2) is 10.6 Å². The van der Waals surface area contributed by atoms with Gasteiger partial charge in [0.1, 0.15) is 18.1 Å². The number of nitrogens with zero attached hydrogens (tertiary/aromatic N) is 6. The van der Waals surface area contributed by atoms with Gasteiger partial charge in [-0.05, 0) is 61.6 Å². The minimum Gasteiger partial charge on any atom is -0.497 e. The summed E-state index contributed by atoms with van der Waals surface area (Å²) in [4.78, 5) is 17.2. The van der Waals surface area contributed by atoms with E-state index in [4.69, 9.17) is 17.0 Å². The van der Waals surface area contributed by atoms with Crippen LogP contribution in [0.5, 0.6) is 5.75 Å². The molecule has 1 aliphatic heterocycles. The molecule has 9 nitrogen and oxygen atoms in total. The Morgan fingerprint density at radius 2 is 1.57 bits per heavy atom. The second-order valence-corrected chi connectivity index (χ2v) is 8.86.